The summed E-state index contributed by atoms with van der Waals surface area (Å²) in [6.07, 6.45) is 0. The number of anilines is 2. The number of nitrogens with zero attached hydrogens (tertiary/aromatic N) is 4. The molecule has 0 spiro atoms. The first-order chi connectivity index (χ1) is 24.4. The number of rotatable bonds is 10. The van der Waals surface area contributed by atoms with Crippen molar-refractivity contribution in [2.75, 3.05) is 10.6 Å². The van der Waals surface area contributed by atoms with Crippen LogP contribution in [0.15, 0.2) is 150 Å². The molecule has 22 heteroatoms. The summed E-state index contributed by atoms with van der Waals surface area (Å²) in [6.45, 7) is 2.25. The average Bonchev–Trinajstić information content (AvgIpc) is 3.06. The first kappa shape index (κ1) is 47.0. The van der Waals surface area contributed by atoms with Gasteiger partial charge in [-0.05, 0) is 60.7 Å². The molecule has 0 aliphatic heterocycles. The topological polar surface area (TPSA) is 320 Å². The molecule has 0 saturated carbocycles. The van der Waals surface area contributed by atoms with Crippen molar-refractivity contribution in [1.29, 1.82) is 0 Å². The number of amides is 2. The Morgan fingerprint density at radius 3 is 1.17 bits per heavy atom. The molecule has 54 heavy (non-hydrogen) atoms. The second-order valence-electron chi connectivity index (χ2n) is 10.2. The van der Waals surface area contributed by atoms with E-state index < -0.39 is 66.3 Å². The molecule has 6 N–H and O–H groups in total. The Hall–Kier alpha value is -4.97. The molecular weight excluding hydrogens is 802 g/mol. The summed E-state index contributed by atoms with van der Waals surface area (Å²) in [5, 5.41) is 76.0. The van der Waals surface area contributed by atoms with Crippen molar-refractivity contribution in [3.8, 4) is 11.5 Å². The fourth-order valence-corrected chi connectivity index (χ4v) is 4.75. The molecule has 0 saturated heterocycles. The van der Waals surface area contributed by atoms with E-state index >= 15 is 0 Å². The molecule has 0 aliphatic carbocycles. The first-order valence-electron chi connectivity index (χ1n) is 14.4. The van der Waals surface area contributed by atoms with Crippen LogP contribution in [0.5, 0.6) is 11.5 Å². The molecule has 0 atom stereocenters. The summed E-state index contributed by atoms with van der Waals surface area (Å²) in [7, 11) is -8.06. The zero-order valence-corrected chi connectivity index (χ0v) is 33.1. The van der Waals surface area contributed by atoms with Gasteiger partial charge in [0.05, 0.1) is 21.2 Å². The van der Waals surface area contributed by atoms with Gasteiger partial charge in [0.2, 0.25) is 20.0 Å². The number of primary sulfonamides is 2. The van der Waals surface area contributed by atoms with Crippen molar-refractivity contribution in [2.24, 2.45) is 30.7 Å². The fourth-order valence-electron chi connectivity index (χ4n) is 3.69. The molecule has 0 aromatic heterocycles. The fraction of sp³-hybridized carbons (Fsp3) is 0.0625. The van der Waals surface area contributed by atoms with Gasteiger partial charge in [-0.3, -0.25) is 9.59 Å². The Bertz CT molecular complexity index is 2140. The minimum Gasteiger partial charge on any atom is -0.874 e. The van der Waals surface area contributed by atoms with E-state index in [0.29, 0.717) is 11.4 Å². The molecule has 0 bridgehead atoms. The zero-order chi connectivity index (χ0) is 38.6. The summed E-state index contributed by atoms with van der Waals surface area (Å²) < 4.78 is 44.8. The standard InChI is InChI=1S/2C16H16N4O5S.Co.Na/c2*1-10(21)15(16(23)18-11-5-3-2-4-6-11)20-19-13-8-7-12(9-14(13)22)26(17,24)25;;/h2*2-9,21-22H,1H3,(H,18,23)(H2,17,24,25);;/q;;+3;+1/p-4/b2*15-10+,20-19?;;. The maximum atomic E-state index is 12.1. The van der Waals surface area contributed by atoms with Crippen LogP contribution in [-0.2, 0) is 46.4 Å². The molecule has 0 unspecified atom stereocenters. The van der Waals surface area contributed by atoms with Gasteiger partial charge in [0.15, 0.2) is 0 Å². The van der Waals surface area contributed by atoms with Crippen molar-refractivity contribution in [2.45, 2.75) is 23.6 Å². The quantitative estimate of drug-likeness (QED) is 0.0617. The molecular formula is C32H28CoN8NaO10S2. The molecule has 0 radical (unpaired) electrons. The monoisotopic (exact) mass is 830 g/mol. The minimum atomic E-state index is -4.03. The van der Waals surface area contributed by atoms with Gasteiger partial charge in [-0.2, -0.15) is 10.2 Å². The summed E-state index contributed by atoms with van der Waals surface area (Å²) in [6, 6.07) is 22.6. The van der Waals surface area contributed by atoms with E-state index in [2.05, 4.69) is 31.1 Å². The van der Waals surface area contributed by atoms with E-state index in [1.807, 2.05) is 0 Å². The van der Waals surface area contributed by atoms with E-state index in [4.69, 9.17) is 10.3 Å². The third kappa shape index (κ3) is 14.5. The van der Waals surface area contributed by atoms with Gasteiger partial charge in [0, 0.05) is 11.4 Å². The number of para-hydroxylation sites is 2. The predicted octanol–water partition coefficient (Wildman–Crippen LogP) is -1.55. The number of hydrogen-bond donors (Lipinski definition) is 4. The Balaban J connectivity index is 0.000000521. The average molecular weight is 831 g/mol. The number of benzene rings is 4. The second-order valence-corrected chi connectivity index (χ2v) is 13.3. The molecule has 0 aliphatic rings. The maximum Gasteiger partial charge on any atom is 3.00 e. The smallest absolute Gasteiger partial charge is 0.874 e. The number of carbonyl (C=O) groups is 2. The van der Waals surface area contributed by atoms with Gasteiger partial charge in [-0.1, -0.05) is 61.7 Å². The van der Waals surface area contributed by atoms with Gasteiger partial charge < -0.3 is 31.1 Å². The summed E-state index contributed by atoms with van der Waals surface area (Å²) in [5.41, 5.74) is -0.609. The van der Waals surface area contributed by atoms with Crippen molar-refractivity contribution in [1.82, 2.24) is 0 Å². The van der Waals surface area contributed by atoms with Crippen molar-refractivity contribution in [3.05, 3.63) is 120 Å². The van der Waals surface area contributed by atoms with Gasteiger partial charge in [-0.25, -0.2) is 27.1 Å². The first-order valence-corrected chi connectivity index (χ1v) is 17.5. The van der Waals surface area contributed by atoms with E-state index in [0.717, 1.165) is 50.2 Å². The summed E-state index contributed by atoms with van der Waals surface area (Å²) in [5.74, 6) is -4.44. The Kier molecular flexibility index (Phi) is 18.3. The Labute approximate surface area is 342 Å². The number of carbonyl (C=O) groups excluding carboxylic acids is 2. The number of allylic oxidation sites excluding steroid dienone is 2. The van der Waals surface area contributed by atoms with Crippen LogP contribution >= 0.6 is 0 Å². The number of azo groups is 2. The molecule has 4 aromatic carbocycles. The molecule has 4 rings (SSSR count). The van der Waals surface area contributed by atoms with Gasteiger partial charge in [0.25, 0.3) is 11.8 Å². The van der Waals surface area contributed by atoms with Crippen molar-refractivity contribution >= 4 is 54.6 Å². The Morgan fingerprint density at radius 2 is 0.907 bits per heavy atom. The molecule has 18 nitrogen and oxygen atoms in total. The SMILES string of the molecule is C/C([O-])=C(\N=Nc1ccc(S(N)(=O)=O)cc1[O-])C(=O)Nc1ccccc1.C/C([O-])=C(\N=Nc1ccc(S(N)(=O)=O)cc1[O-])C(=O)Nc1ccccc1.[Co+3].[Na+]. The van der Waals surface area contributed by atoms with Gasteiger partial charge >= 0.3 is 46.3 Å². The molecule has 2 amide bonds. The third-order valence-electron chi connectivity index (χ3n) is 6.20. The van der Waals surface area contributed by atoms with E-state index in [1.165, 1.54) is 0 Å². The normalized spacial score (nSPS) is 12.2. The third-order valence-corrected chi connectivity index (χ3v) is 8.02. The van der Waals surface area contributed by atoms with E-state index in [1.54, 1.807) is 60.7 Å². The summed E-state index contributed by atoms with van der Waals surface area (Å²) in [4.78, 5) is 23.5. The Morgan fingerprint density at radius 1 is 0.593 bits per heavy atom. The zero-order valence-electron chi connectivity index (χ0n) is 28.4. The summed E-state index contributed by atoms with van der Waals surface area (Å²) >= 11 is 0. The van der Waals surface area contributed by atoms with Gasteiger partial charge in [0.1, 0.15) is 11.4 Å². The van der Waals surface area contributed by atoms with Crippen LogP contribution in [0.3, 0.4) is 0 Å². The molecule has 278 valence electrons. The predicted molar refractivity (Wildman–Crippen MR) is 179 cm³/mol. The second kappa shape index (κ2) is 21.1. The van der Waals surface area contributed by atoms with E-state index in [9.17, 15) is 46.9 Å². The van der Waals surface area contributed by atoms with Gasteiger partial charge in [-0.15, -0.1) is 21.7 Å². The van der Waals surface area contributed by atoms with E-state index in [-0.39, 0.29) is 67.5 Å². The number of hydrogen-bond acceptors (Lipinski definition) is 14. The van der Waals surface area contributed by atoms with Crippen LogP contribution < -0.4 is 70.9 Å². The molecule has 4 aromatic rings. The molecule has 0 heterocycles. The van der Waals surface area contributed by atoms with Crippen LogP contribution in [0.2, 0.25) is 0 Å². The minimum absolute atomic E-state index is 0. The largest absolute Gasteiger partial charge is 3.00 e. The number of sulfonamides is 2. The van der Waals surface area contributed by atoms with Crippen LogP contribution in [0, 0.1) is 0 Å². The number of nitrogens with two attached hydrogens (primary N) is 2. The van der Waals surface area contributed by atoms with Crippen molar-refractivity contribution in [3.63, 3.8) is 0 Å². The van der Waals surface area contributed by atoms with Crippen LogP contribution in [0.25, 0.3) is 0 Å². The molecule has 0 fully saturated rings. The van der Waals surface area contributed by atoms with Crippen molar-refractivity contribution < 1.29 is 93.2 Å². The van der Waals surface area contributed by atoms with Crippen LogP contribution in [-0.4, -0.2) is 28.6 Å². The van der Waals surface area contributed by atoms with Crippen LogP contribution in [0.1, 0.15) is 13.8 Å². The van der Waals surface area contributed by atoms with Crippen LogP contribution in [0.4, 0.5) is 22.7 Å². The maximum absolute atomic E-state index is 12.1. The number of nitrogens with one attached hydrogen (secondary N) is 2.